The van der Waals surface area contributed by atoms with E-state index >= 15 is 0 Å². The predicted octanol–water partition coefficient (Wildman–Crippen LogP) is 2.06. The van der Waals surface area contributed by atoms with Gasteiger partial charge in [-0.05, 0) is 6.42 Å². The molecule has 9 heteroatoms. The van der Waals surface area contributed by atoms with Gasteiger partial charge in [-0.3, -0.25) is 10.1 Å². The Balaban J connectivity index is 2.16. The van der Waals surface area contributed by atoms with Crippen molar-refractivity contribution in [3.8, 4) is 0 Å². The Morgan fingerprint density at radius 3 is 2.80 bits per heavy atom. The molecule has 106 valence electrons. The zero-order chi connectivity index (χ0) is 14.5. The Bertz CT molecular complexity index is 615. The van der Waals surface area contributed by atoms with Crippen molar-refractivity contribution >= 4 is 28.8 Å². The molecular weight excluding hydrogens is 280 g/mol. The van der Waals surface area contributed by atoms with E-state index in [1.165, 1.54) is 11.1 Å². The van der Waals surface area contributed by atoms with E-state index in [4.69, 9.17) is 0 Å². The van der Waals surface area contributed by atoms with Crippen LogP contribution in [-0.2, 0) is 13.0 Å². The van der Waals surface area contributed by atoms with E-state index in [-0.39, 0.29) is 11.5 Å². The summed E-state index contributed by atoms with van der Waals surface area (Å²) >= 11 is 1.57. The van der Waals surface area contributed by atoms with Crippen molar-refractivity contribution in [2.45, 2.75) is 19.9 Å². The maximum absolute atomic E-state index is 10.9. The van der Waals surface area contributed by atoms with Crippen LogP contribution in [0, 0.1) is 10.1 Å². The van der Waals surface area contributed by atoms with Gasteiger partial charge in [0.25, 0.3) is 0 Å². The van der Waals surface area contributed by atoms with E-state index < -0.39 is 4.92 Å². The topological polar surface area (TPSA) is 106 Å². The minimum absolute atomic E-state index is 0.156. The van der Waals surface area contributed by atoms with Gasteiger partial charge in [-0.2, -0.15) is 4.98 Å². The van der Waals surface area contributed by atoms with Gasteiger partial charge in [0.05, 0.1) is 11.5 Å². The summed E-state index contributed by atoms with van der Waals surface area (Å²) in [6.45, 7) is 2.45. The largest absolute Gasteiger partial charge is 0.358 e. The van der Waals surface area contributed by atoms with Crippen LogP contribution in [0.2, 0.25) is 0 Å². The van der Waals surface area contributed by atoms with Gasteiger partial charge in [0.1, 0.15) is 11.2 Å². The molecule has 0 bridgehead atoms. The molecule has 0 atom stereocenters. The van der Waals surface area contributed by atoms with Gasteiger partial charge in [0, 0.05) is 18.1 Å². The van der Waals surface area contributed by atoms with E-state index in [2.05, 4.69) is 32.5 Å². The van der Waals surface area contributed by atoms with Crippen LogP contribution in [0.5, 0.6) is 0 Å². The lowest BCUT2D eigenvalue weighted by molar-refractivity contribution is -0.384. The molecule has 0 radical (unpaired) electrons. The number of rotatable bonds is 6. The lowest BCUT2D eigenvalue weighted by Gasteiger charge is -2.05. The molecule has 0 aliphatic rings. The molecule has 0 unspecified atom stereocenters. The second-order valence-corrected chi connectivity index (χ2v) is 5.06. The van der Waals surface area contributed by atoms with Crippen molar-refractivity contribution in [3.63, 3.8) is 0 Å². The molecule has 0 aromatic carbocycles. The Morgan fingerprint density at radius 2 is 2.20 bits per heavy atom. The summed E-state index contributed by atoms with van der Waals surface area (Å²) in [5.74, 6) is 0.508. The van der Waals surface area contributed by atoms with Crippen molar-refractivity contribution < 1.29 is 4.92 Å². The van der Waals surface area contributed by atoms with Gasteiger partial charge in [-0.25, -0.2) is 9.97 Å². The fourth-order valence-electron chi connectivity index (χ4n) is 1.51. The quantitative estimate of drug-likeness (QED) is 0.620. The van der Waals surface area contributed by atoms with Crippen LogP contribution in [0.25, 0.3) is 0 Å². The maximum Gasteiger partial charge on any atom is 0.329 e. The first-order valence-electron chi connectivity index (χ1n) is 6.00. The third kappa shape index (κ3) is 3.18. The minimum atomic E-state index is -0.513. The number of thiazole rings is 1. The first-order chi connectivity index (χ1) is 9.63. The molecule has 0 aliphatic heterocycles. The van der Waals surface area contributed by atoms with E-state index in [1.54, 1.807) is 18.4 Å². The van der Waals surface area contributed by atoms with Crippen LogP contribution in [0.15, 0.2) is 12.4 Å². The fraction of sp³-hybridized carbons (Fsp3) is 0.364. The third-order valence-corrected chi connectivity index (χ3v) is 3.69. The highest BCUT2D eigenvalue weighted by Gasteiger charge is 2.17. The molecule has 2 rings (SSSR count). The Kier molecular flexibility index (Phi) is 4.41. The maximum atomic E-state index is 10.9. The molecule has 8 nitrogen and oxygen atoms in total. The molecule has 2 heterocycles. The highest BCUT2D eigenvalue weighted by Crippen LogP contribution is 2.23. The van der Waals surface area contributed by atoms with E-state index in [0.29, 0.717) is 12.5 Å². The Morgan fingerprint density at radius 1 is 1.40 bits per heavy atom. The van der Waals surface area contributed by atoms with Gasteiger partial charge in [-0.15, -0.1) is 11.3 Å². The van der Waals surface area contributed by atoms with Crippen LogP contribution in [-0.4, -0.2) is 26.9 Å². The van der Waals surface area contributed by atoms with E-state index in [0.717, 1.165) is 11.4 Å². The number of nitrogens with one attached hydrogen (secondary N) is 2. The zero-order valence-corrected chi connectivity index (χ0v) is 11.9. The van der Waals surface area contributed by atoms with Crippen LogP contribution in [0.1, 0.15) is 16.8 Å². The van der Waals surface area contributed by atoms with Crippen LogP contribution in [0.3, 0.4) is 0 Å². The summed E-state index contributed by atoms with van der Waals surface area (Å²) in [6, 6.07) is 0. The highest BCUT2D eigenvalue weighted by atomic mass is 32.1. The first-order valence-corrected chi connectivity index (χ1v) is 6.82. The summed E-state index contributed by atoms with van der Waals surface area (Å²) in [5, 5.41) is 17.5. The number of aryl methyl sites for hydroxylation is 1. The van der Waals surface area contributed by atoms with Crippen LogP contribution in [0.4, 0.5) is 17.5 Å². The molecule has 0 saturated carbocycles. The van der Waals surface area contributed by atoms with Crippen molar-refractivity contribution in [2.24, 2.45) is 0 Å². The average molecular weight is 294 g/mol. The fourth-order valence-corrected chi connectivity index (χ4v) is 2.31. The van der Waals surface area contributed by atoms with Crippen molar-refractivity contribution in [2.75, 3.05) is 17.7 Å². The normalized spacial score (nSPS) is 10.3. The monoisotopic (exact) mass is 294 g/mol. The van der Waals surface area contributed by atoms with Crippen LogP contribution < -0.4 is 10.6 Å². The van der Waals surface area contributed by atoms with Gasteiger partial charge >= 0.3 is 5.69 Å². The van der Waals surface area contributed by atoms with Crippen molar-refractivity contribution in [3.05, 3.63) is 32.4 Å². The number of aromatic nitrogens is 3. The highest BCUT2D eigenvalue weighted by molar-refractivity contribution is 7.11. The number of anilines is 2. The summed E-state index contributed by atoms with van der Waals surface area (Å²) < 4.78 is 0. The van der Waals surface area contributed by atoms with Gasteiger partial charge in [0.15, 0.2) is 0 Å². The zero-order valence-electron chi connectivity index (χ0n) is 11.1. The van der Waals surface area contributed by atoms with E-state index in [9.17, 15) is 10.1 Å². The molecular formula is C11H14N6O2S. The van der Waals surface area contributed by atoms with Crippen molar-refractivity contribution in [1.29, 1.82) is 0 Å². The summed E-state index contributed by atoms with van der Waals surface area (Å²) in [7, 11) is 1.65. The average Bonchev–Trinajstić information content (AvgIpc) is 2.92. The predicted molar refractivity (Wildman–Crippen MR) is 77.1 cm³/mol. The second-order valence-electron chi connectivity index (χ2n) is 3.86. The number of nitrogens with zero attached hydrogens (tertiary/aromatic N) is 4. The molecule has 0 amide bonds. The molecule has 0 saturated heterocycles. The summed E-state index contributed by atoms with van der Waals surface area (Å²) in [4.78, 5) is 23.7. The molecule has 20 heavy (non-hydrogen) atoms. The third-order valence-electron chi connectivity index (χ3n) is 2.55. The summed E-state index contributed by atoms with van der Waals surface area (Å²) in [6.07, 6.45) is 3.92. The second kappa shape index (κ2) is 6.24. The Hall–Kier alpha value is -2.29. The molecule has 2 aromatic heterocycles. The van der Waals surface area contributed by atoms with E-state index in [1.807, 2.05) is 6.20 Å². The van der Waals surface area contributed by atoms with Gasteiger partial charge < -0.3 is 10.6 Å². The number of hydrogen-bond acceptors (Lipinski definition) is 8. The van der Waals surface area contributed by atoms with Gasteiger partial charge in [-0.1, -0.05) is 6.92 Å². The molecule has 0 fully saturated rings. The molecule has 0 spiro atoms. The molecule has 2 N–H and O–H groups in total. The summed E-state index contributed by atoms with van der Waals surface area (Å²) in [5.41, 5.74) is -0.156. The first kappa shape index (κ1) is 14.1. The number of nitro groups is 1. The minimum Gasteiger partial charge on any atom is -0.358 e. The smallest absolute Gasteiger partial charge is 0.329 e. The van der Waals surface area contributed by atoms with Crippen molar-refractivity contribution in [1.82, 2.24) is 15.0 Å². The SMILES string of the molecule is CCc1cnc(CNc2nc(NC)ncc2[N+](=O)[O-])s1. The lowest BCUT2D eigenvalue weighted by atomic mass is 10.4. The molecule has 2 aromatic rings. The molecule has 0 aliphatic carbocycles. The van der Waals surface area contributed by atoms with Gasteiger partial charge in [0.2, 0.25) is 11.8 Å². The lowest BCUT2D eigenvalue weighted by Crippen LogP contribution is -2.07. The van der Waals surface area contributed by atoms with Crippen LogP contribution >= 0.6 is 11.3 Å². The Labute approximate surface area is 119 Å². The number of hydrogen-bond donors (Lipinski definition) is 2. The standard InChI is InChI=1S/C11H14N6O2S/c1-3-7-4-13-9(20-7)6-14-10-8(17(18)19)5-15-11(12-2)16-10/h4-5H,3,6H2,1-2H3,(H2,12,14,15,16).